The summed E-state index contributed by atoms with van der Waals surface area (Å²) < 4.78 is 5.71. The number of fused-ring (bicyclic) bond motifs is 1. The fourth-order valence-corrected chi connectivity index (χ4v) is 2.99. The molecule has 0 saturated heterocycles. The Morgan fingerprint density at radius 1 is 1.15 bits per heavy atom. The van der Waals surface area contributed by atoms with Crippen molar-refractivity contribution in [3.05, 3.63) is 60.2 Å². The minimum Gasteiger partial charge on any atom is -0.478 e. The summed E-state index contributed by atoms with van der Waals surface area (Å²) in [6.07, 6.45) is -0.847. The van der Waals surface area contributed by atoms with Crippen molar-refractivity contribution in [2.24, 2.45) is 0 Å². The summed E-state index contributed by atoms with van der Waals surface area (Å²) in [7, 11) is 4.08. The van der Waals surface area contributed by atoms with Gasteiger partial charge in [-0.25, -0.2) is 0 Å². The number of amides is 2. The molecule has 2 atom stereocenters. The van der Waals surface area contributed by atoms with Gasteiger partial charge in [0.15, 0.2) is 6.10 Å². The van der Waals surface area contributed by atoms with E-state index in [2.05, 4.69) is 10.6 Å². The summed E-state index contributed by atoms with van der Waals surface area (Å²) in [4.78, 5) is 26.0. The van der Waals surface area contributed by atoms with Gasteiger partial charge < -0.3 is 20.3 Å². The van der Waals surface area contributed by atoms with Gasteiger partial charge in [0.1, 0.15) is 18.3 Å². The molecule has 0 saturated carbocycles. The highest BCUT2D eigenvalue weighted by Gasteiger charge is 2.30. The Balaban J connectivity index is 1.66. The third kappa shape index (κ3) is 4.40. The van der Waals surface area contributed by atoms with Gasteiger partial charge in [-0.15, -0.1) is 0 Å². The second kappa shape index (κ2) is 8.01. The number of para-hydroxylation sites is 2. The van der Waals surface area contributed by atoms with Crippen molar-refractivity contribution in [1.29, 1.82) is 0 Å². The molecule has 1 aliphatic heterocycles. The van der Waals surface area contributed by atoms with Crippen LogP contribution in [-0.4, -0.2) is 38.6 Å². The second-order valence-corrected chi connectivity index (χ2v) is 6.74. The van der Waals surface area contributed by atoms with Gasteiger partial charge in [0.2, 0.25) is 5.91 Å². The van der Waals surface area contributed by atoms with Crippen LogP contribution in [-0.2, 0) is 9.59 Å². The first-order valence-corrected chi connectivity index (χ1v) is 8.73. The first kappa shape index (κ1) is 17.9. The molecule has 0 fully saturated rings. The van der Waals surface area contributed by atoms with E-state index in [0.29, 0.717) is 11.4 Å². The average molecular weight is 354 g/mol. The molecule has 2 amide bonds. The Morgan fingerprint density at radius 2 is 1.85 bits per heavy atom. The number of quaternary nitrogens is 1. The molecule has 0 spiro atoms. The van der Waals surface area contributed by atoms with Crippen LogP contribution in [0.4, 0.5) is 5.69 Å². The van der Waals surface area contributed by atoms with Crippen molar-refractivity contribution in [2.75, 3.05) is 26.0 Å². The number of nitrogens with one attached hydrogen (secondary N) is 3. The highest BCUT2D eigenvalue weighted by molar-refractivity contribution is 5.99. The van der Waals surface area contributed by atoms with Crippen molar-refractivity contribution in [1.82, 2.24) is 5.32 Å². The number of anilines is 1. The molecular formula is C20H24N3O3+. The van der Waals surface area contributed by atoms with Gasteiger partial charge in [-0.1, -0.05) is 42.5 Å². The molecule has 2 aromatic carbocycles. The van der Waals surface area contributed by atoms with Gasteiger partial charge in [-0.2, -0.15) is 0 Å². The van der Waals surface area contributed by atoms with Crippen LogP contribution in [0.15, 0.2) is 54.6 Å². The smallest absolute Gasteiger partial charge is 0.266 e. The van der Waals surface area contributed by atoms with Crippen LogP contribution in [0.25, 0.3) is 0 Å². The fourth-order valence-electron chi connectivity index (χ4n) is 2.99. The Morgan fingerprint density at radius 3 is 2.58 bits per heavy atom. The number of ether oxygens (including phenoxy) is 1. The van der Waals surface area contributed by atoms with Crippen LogP contribution in [0, 0.1) is 0 Å². The number of likely N-dealkylation sites (N-methyl/N-ethyl adjacent to an activating group) is 1. The van der Waals surface area contributed by atoms with E-state index in [9.17, 15) is 9.59 Å². The van der Waals surface area contributed by atoms with E-state index >= 15 is 0 Å². The normalized spacial score (nSPS) is 17.0. The maximum atomic E-state index is 12.6. The summed E-state index contributed by atoms with van der Waals surface area (Å²) in [6, 6.07) is 16.9. The number of rotatable bonds is 6. The molecule has 136 valence electrons. The maximum absolute atomic E-state index is 12.6. The third-order valence-corrected chi connectivity index (χ3v) is 4.23. The van der Waals surface area contributed by atoms with Crippen LogP contribution in [0.5, 0.6) is 5.75 Å². The summed E-state index contributed by atoms with van der Waals surface area (Å²) in [6.45, 7) is 0.746. The molecule has 0 aromatic heterocycles. The molecule has 2 aromatic rings. The number of carbonyl (C=O) groups is 2. The first-order chi connectivity index (χ1) is 12.5. The monoisotopic (exact) mass is 354 g/mol. The molecular weight excluding hydrogens is 330 g/mol. The molecule has 0 bridgehead atoms. The summed E-state index contributed by atoms with van der Waals surface area (Å²) >= 11 is 0. The first-order valence-electron chi connectivity index (χ1n) is 8.73. The zero-order valence-corrected chi connectivity index (χ0v) is 15.0. The van der Waals surface area contributed by atoms with Gasteiger partial charge >= 0.3 is 0 Å². The Hall–Kier alpha value is -2.86. The Kier molecular flexibility index (Phi) is 5.53. The SMILES string of the molecule is C[NH+](C)C[C@H](NC(=O)C[C@H]1Oc2ccccc2NC1=O)c1ccccc1. The molecule has 6 nitrogen and oxygen atoms in total. The Bertz CT molecular complexity index is 777. The average Bonchev–Trinajstić information content (AvgIpc) is 2.62. The quantitative estimate of drug-likeness (QED) is 0.718. The lowest BCUT2D eigenvalue weighted by atomic mass is 10.1. The van der Waals surface area contributed by atoms with Crippen molar-refractivity contribution < 1.29 is 19.2 Å². The largest absolute Gasteiger partial charge is 0.478 e. The molecule has 0 unspecified atom stereocenters. The lowest BCUT2D eigenvalue weighted by molar-refractivity contribution is -0.860. The highest BCUT2D eigenvalue weighted by Crippen LogP contribution is 2.29. The van der Waals surface area contributed by atoms with Gasteiger partial charge in [-0.05, 0) is 17.7 Å². The molecule has 1 aliphatic rings. The van der Waals surface area contributed by atoms with E-state index in [-0.39, 0.29) is 24.3 Å². The lowest BCUT2D eigenvalue weighted by Gasteiger charge is -2.26. The molecule has 3 rings (SSSR count). The molecule has 0 radical (unpaired) electrons. The number of hydrogen-bond donors (Lipinski definition) is 3. The van der Waals surface area contributed by atoms with E-state index < -0.39 is 6.10 Å². The van der Waals surface area contributed by atoms with Crippen LogP contribution >= 0.6 is 0 Å². The summed E-state index contributed by atoms with van der Waals surface area (Å²) in [5.41, 5.74) is 1.67. The van der Waals surface area contributed by atoms with Gasteiger partial charge in [0.05, 0.1) is 26.2 Å². The van der Waals surface area contributed by atoms with Gasteiger partial charge in [0, 0.05) is 0 Å². The topological polar surface area (TPSA) is 71.9 Å². The second-order valence-electron chi connectivity index (χ2n) is 6.74. The van der Waals surface area contributed by atoms with E-state index in [1.807, 2.05) is 56.6 Å². The maximum Gasteiger partial charge on any atom is 0.266 e. The van der Waals surface area contributed by atoms with Gasteiger partial charge in [-0.3, -0.25) is 9.59 Å². The van der Waals surface area contributed by atoms with Crippen molar-refractivity contribution in [3.63, 3.8) is 0 Å². The van der Waals surface area contributed by atoms with Crippen LogP contribution in [0.3, 0.4) is 0 Å². The van der Waals surface area contributed by atoms with Crippen LogP contribution in [0.1, 0.15) is 18.0 Å². The van der Waals surface area contributed by atoms with E-state index in [0.717, 1.165) is 12.1 Å². The zero-order valence-electron chi connectivity index (χ0n) is 15.0. The molecule has 1 heterocycles. The van der Waals surface area contributed by atoms with Crippen molar-refractivity contribution in [2.45, 2.75) is 18.6 Å². The van der Waals surface area contributed by atoms with E-state index in [4.69, 9.17) is 4.74 Å². The fraction of sp³-hybridized carbons (Fsp3) is 0.300. The standard InChI is InChI=1S/C20H23N3O3/c1-23(2)13-16(14-8-4-3-5-9-14)21-19(24)12-18-20(25)22-15-10-6-7-11-17(15)26-18/h3-11,16,18H,12-13H2,1-2H3,(H,21,24)(H,22,25)/p+1/t16-,18+/m0/s1. The number of carbonyl (C=O) groups excluding carboxylic acids is 2. The molecule has 3 N–H and O–H groups in total. The summed E-state index contributed by atoms with van der Waals surface area (Å²) in [5, 5.41) is 5.82. The number of hydrogen-bond acceptors (Lipinski definition) is 3. The number of benzene rings is 2. The zero-order chi connectivity index (χ0) is 18.5. The van der Waals surface area contributed by atoms with Gasteiger partial charge in [0.25, 0.3) is 5.91 Å². The molecule has 26 heavy (non-hydrogen) atoms. The van der Waals surface area contributed by atoms with Crippen LogP contribution in [0.2, 0.25) is 0 Å². The van der Waals surface area contributed by atoms with Crippen molar-refractivity contribution in [3.8, 4) is 5.75 Å². The lowest BCUT2D eigenvalue weighted by Crippen LogP contribution is -3.06. The third-order valence-electron chi connectivity index (χ3n) is 4.23. The summed E-state index contributed by atoms with van der Waals surface area (Å²) in [5.74, 6) is 0.0789. The van der Waals surface area contributed by atoms with Crippen molar-refractivity contribution >= 4 is 17.5 Å². The van der Waals surface area contributed by atoms with E-state index in [1.165, 1.54) is 4.90 Å². The van der Waals surface area contributed by atoms with E-state index in [1.54, 1.807) is 12.1 Å². The van der Waals surface area contributed by atoms with Crippen LogP contribution < -0.4 is 20.3 Å². The molecule has 6 heteroatoms. The highest BCUT2D eigenvalue weighted by atomic mass is 16.5. The predicted molar refractivity (Wildman–Crippen MR) is 99.1 cm³/mol. The molecule has 0 aliphatic carbocycles. The predicted octanol–water partition coefficient (Wildman–Crippen LogP) is 0.778. The Labute approximate surface area is 153 Å². The minimum absolute atomic E-state index is 0.0216. The minimum atomic E-state index is -0.826.